The Morgan fingerprint density at radius 3 is 3.00 bits per heavy atom. The number of amides is 2. The minimum Gasteiger partial charge on any atom is -0.493 e. The molecule has 0 unspecified atom stereocenters. The summed E-state index contributed by atoms with van der Waals surface area (Å²) in [5, 5.41) is 2.93. The van der Waals surface area contributed by atoms with Crippen molar-refractivity contribution in [1.82, 2.24) is 10.2 Å². The molecule has 0 spiro atoms. The molecular formula is C17H22N2O3. The number of likely N-dealkylation sites (tertiary alicyclic amines) is 1. The van der Waals surface area contributed by atoms with E-state index in [0.717, 1.165) is 37.2 Å². The van der Waals surface area contributed by atoms with Gasteiger partial charge in [0.15, 0.2) is 0 Å². The molecule has 2 aliphatic heterocycles. The van der Waals surface area contributed by atoms with Crippen LogP contribution in [0.4, 0.5) is 0 Å². The van der Waals surface area contributed by atoms with E-state index in [4.69, 9.17) is 4.74 Å². The van der Waals surface area contributed by atoms with Crippen LogP contribution in [0.25, 0.3) is 0 Å². The van der Waals surface area contributed by atoms with Crippen LogP contribution < -0.4 is 10.1 Å². The van der Waals surface area contributed by atoms with Crippen molar-refractivity contribution < 1.29 is 14.3 Å². The minimum absolute atomic E-state index is 0.0774. The van der Waals surface area contributed by atoms with Crippen molar-refractivity contribution in [2.75, 3.05) is 13.2 Å². The molecule has 0 radical (unpaired) electrons. The van der Waals surface area contributed by atoms with Crippen LogP contribution in [0.15, 0.2) is 18.2 Å². The van der Waals surface area contributed by atoms with E-state index in [0.29, 0.717) is 19.5 Å². The van der Waals surface area contributed by atoms with Crippen molar-refractivity contribution in [3.63, 3.8) is 0 Å². The molecular weight excluding hydrogens is 280 g/mol. The van der Waals surface area contributed by atoms with Crippen LogP contribution in [0.5, 0.6) is 5.75 Å². The lowest BCUT2D eigenvalue weighted by Gasteiger charge is -2.23. The van der Waals surface area contributed by atoms with E-state index in [2.05, 4.69) is 11.4 Å². The Balaban J connectivity index is 1.57. The van der Waals surface area contributed by atoms with Gasteiger partial charge in [0.05, 0.1) is 6.61 Å². The summed E-state index contributed by atoms with van der Waals surface area (Å²) in [4.78, 5) is 25.6. The molecule has 0 aromatic heterocycles. The van der Waals surface area contributed by atoms with Gasteiger partial charge in [0.2, 0.25) is 11.8 Å². The Kier molecular flexibility index (Phi) is 4.32. The number of ether oxygens (including phenoxy) is 1. The molecule has 3 rings (SSSR count). The molecule has 0 bridgehead atoms. The Morgan fingerprint density at radius 1 is 1.36 bits per heavy atom. The second-order valence-corrected chi connectivity index (χ2v) is 5.98. The van der Waals surface area contributed by atoms with E-state index >= 15 is 0 Å². The first-order chi connectivity index (χ1) is 10.6. The summed E-state index contributed by atoms with van der Waals surface area (Å²) < 4.78 is 5.59. The van der Waals surface area contributed by atoms with Crippen molar-refractivity contribution in [2.24, 2.45) is 0 Å². The third-order valence-electron chi connectivity index (χ3n) is 4.40. The molecule has 118 valence electrons. The van der Waals surface area contributed by atoms with Crippen molar-refractivity contribution >= 4 is 11.8 Å². The van der Waals surface area contributed by atoms with Gasteiger partial charge in [-0.05, 0) is 43.4 Å². The molecule has 2 aliphatic rings. The smallest absolute Gasteiger partial charge is 0.242 e. The number of nitrogens with one attached hydrogen (secondary N) is 1. The number of hydrogen-bond donors (Lipinski definition) is 1. The van der Waals surface area contributed by atoms with E-state index in [-0.39, 0.29) is 11.8 Å². The van der Waals surface area contributed by atoms with Gasteiger partial charge in [0.1, 0.15) is 11.8 Å². The van der Waals surface area contributed by atoms with Gasteiger partial charge in [-0.2, -0.15) is 0 Å². The van der Waals surface area contributed by atoms with Crippen LogP contribution in [-0.2, 0) is 22.6 Å². The molecule has 22 heavy (non-hydrogen) atoms. The highest BCUT2D eigenvalue weighted by molar-refractivity contribution is 5.88. The van der Waals surface area contributed by atoms with Crippen molar-refractivity contribution in [3.8, 4) is 5.75 Å². The van der Waals surface area contributed by atoms with E-state index in [1.54, 1.807) is 11.8 Å². The Bertz CT molecular complexity index is 585. The zero-order chi connectivity index (χ0) is 15.5. The summed E-state index contributed by atoms with van der Waals surface area (Å²) >= 11 is 0. The fourth-order valence-electron chi connectivity index (χ4n) is 3.08. The monoisotopic (exact) mass is 302 g/mol. The summed E-state index contributed by atoms with van der Waals surface area (Å²) in [5.74, 6) is 0.940. The van der Waals surface area contributed by atoms with Gasteiger partial charge in [-0.15, -0.1) is 0 Å². The molecule has 2 heterocycles. The third kappa shape index (κ3) is 3.08. The van der Waals surface area contributed by atoms with E-state index in [1.807, 2.05) is 12.1 Å². The Morgan fingerprint density at radius 2 is 2.23 bits per heavy atom. The summed E-state index contributed by atoms with van der Waals surface area (Å²) in [6.45, 7) is 3.74. The standard InChI is InChI=1S/C17H22N2O3/c1-12(19-8-2-5-16(19)20)17(21)18-11-13-6-7-15-14(10-13)4-3-9-22-15/h6-7,10,12H,2-5,8-9,11H2,1H3,(H,18,21)/t12-/m1/s1. The first-order valence-electron chi connectivity index (χ1n) is 7.97. The van der Waals surface area contributed by atoms with Crippen LogP contribution in [0.2, 0.25) is 0 Å². The summed E-state index contributed by atoms with van der Waals surface area (Å²) in [6, 6.07) is 5.66. The SMILES string of the molecule is C[C@H](C(=O)NCc1ccc2c(c1)CCCO2)N1CCCC1=O. The molecule has 1 aromatic carbocycles. The number of hydrogen-bond acceptors (Lipinski definition) is 3. The average Bonchev–Trinajstić information content (AvgIpc) is 2.97. The second kappa shape index (κ2) is 6.38. The van der Waals surface area contributed by atoms with Gasteiger partial charge in [0.25, 0.3) is 0 Å². The summed E-state index contributed by atoms with van der Waals surface area (Å²) in [7, 11) is 0. The topological polar surface area (TPSA) is 58.6 Å². The van der Waals surface area contributed by atoms with E-state index in [9.17, 15) is 9.59 Å². The largest absolute Gasteiger partial charge is 0.493 e. The van der Waals surface area contributed by atoms with Crippen molar-refractivity contribution in [2.45, 2.75) is 45.2 Å². The minimum atomic E-state index is -0.393. The maximum atomic E-state index is 12.2. The van der Waals surface area contributed by atoms with Crippen molar-refractivity contribution in [1.29, 1.82) is 0 Å². The Hall–Kier alpha value is -2.04. The lowest BCUT2D eigenvalue weighted by molar-refractivity contribution is -0.136. The second-order valence-electron chi connectivity index (χ2n) is 5.98. The van der Waals surface area contributed by atoms with Gasteiger partial charge >= 0.3 is 0 Å². The highest BCUT2D eigenvalue weighted by Crippen LogP contribution is 2.25. The molecule has 0 saturated carbocycles. The molecule has 1 aromatic rings. The molecule has 5 nitrogen and oxygen atoms in total. The number of fused-ring (bicyclic) bond motifs is 1. The quantitative estimate of drug-likeness (QED) is 0.920. The van der Waals surface area contributed by atoms with Gasteiger partial charge < -0.3 is 15.0 Å². The molecule has 1 atom stereocenters. The number of rotatable bonds is 4. The highest BCUT2D eigenvalue weighted by atomic mass is 16.5. The van der Waals surface area contributed by atoms with Crippen LogP contribution >= 0.6 is 0 Å². The number of nitrogens with zero attached hydrogens (tertiary/aromatic N) is 1. The molecule has 2 amide bonds. The van der Waals surface area contributed by atoms with Gasteiger partial charge in [0, 0.05) is 19.5 Å². The summed E-state index contributed by atoms with van der Waals surface area (Å²) in [6.07, 6.45) is 3.47. The van der Waals surface area contributed by atoms with Gasteiger partial charge in [-0.1, -0.05) is 12.1 Å². The number of carbonyl (C=O) groups is 2. The normalized spacial score (nSPS) is 18.6. The first kappa shape index (κ1) is 14.9. The highest BCUT2D eigenvalue weighted by Gasteiger charge is 2.29. The molecule has 1 N–H and O–H groups in total. The molecule has 0 aliphatic carbocycles. The fraction of sp³-hybridized carbons (Fsp3) is 0.529. The zero-order valence-electron chi connectivity index (χ0n) is 12.9. The van der Waals surface area contributed by atoms with E-state index in [1.165, 1.54) is 5.56 Å². The number of benzene rings is 1. The van der Waals surface area contributed by atoms with Gasteiger partial charge in [-0.3, -0.25) is 9.59 Å². The molecule has 5 heteroatoms. The number of aryl methyl sites for hydroxylation is 1. The van der Waals surface area contributed by atoms with Crippen LogP contribution in [0.1, 0.15) is 37.3 Å². The maximum Gasteiger partial charge on any atom is 0.242 e. The van der Waals surface area contributed by atoms with Crippen molar-refractivity contribution in [3.05, 3.63) is 29.3 Å². The summed E-state index contributed by atoms with van der Waals surface area (Å²) in [5.41, 5.74) is 2.28. The Labute approximate surface area is 130 Å². The van der Waals surface area contributed by atoms with Crippen LogP contribution in [0.3, 0.4) is 0 Å². The van der Waals surface area contributed by atoms with Crippen LogP contribution in [-0.4, -0.2) is 35.9 Å². The average molecular weight is 302 g/mol. The zero-order valence-corrected chi connectivity index (χ0v) is 12.9. The third-order valence-corrected chi connectivity index (χ3v) is 4.40. The number of carbonyl (C=O) groups excluding carboxylic acids is 2. The molecule has 1 fully saturated rings. The molecule has 1 saturated heterocycles. The fourth-order valence-corrected chi connectivity index (χ4v) is 3.08. The van der Waals surface area contributed by atoms with Gasteiger partial charge in [-0.25, -0.2) is 0 Å². The van der Waals surface area contributed by atoms with E-state index < -0.39 is 6.04 Å². The predicted octanol–water partition coefficient (Wildman–Crippen LogP) is 1.64. The lowest BCUT2D eigenvalue weighted by atomic mass is 10.0. The maximum absolute atomic E-state index is 12.2. The van der Waals surface area contributed by atoms with Crippen LogP contribution in [0, 0.1) is 0 Å². The predicted molar refractivity (Wildman–Crippen MR) is 82.5 cm³/mol. The lowest BCUT2D eigenvalue weighted by Crippen LogP contribution is -2.45. The first-order valence-corrected chi connectivity index (χ1v) is 7.97.